The van der Waals surface area contributed by atoms with E-state index < -0.39 is 0 Å². The number of hydrogen-bond donors (Lipinski definition) is 1. The predicted molar refractivity (Wildman–Crippen MR) is 92.9 cm³/mol. The number of pyridine rings is 1. The number of aromatic nitrogens is 2. The van der Waals surface area contributed by atoms with Crippen molar-refractivity contribution in [3.8, 4) is 5.69 Å². The van der Waals surface area contributed by atoms with E-state index in [4.69, 9.17) is 0 Å². The van der Waals surface area contributed by atoms with Gasteiger partial charge in [-0.25, -0.2) is 5.43 Å². The van der Waals surface area contributed by atoms with E-state index in [1.807, 2.05) is 47.2 Å². The van der Waals surface area contributed by atoms with E-state index in [0.717, 1.165) is 11.4 Å². The Bertz CT molecular complexity index is 843. The van der Waals surface area contributed by atoms with Crippen molar-refractivity contribution in [2.45, 2.75) is 6.92 Å². The molecule has 118 valence electrons. The zero-order valence-electron chi connectivity index (χ0n) is 12.3. The molecule has 0 aliphatic rings. The van der Waals surface area contributed by atoms with Gasteiger partial charge in [-0.15, -0.1) is 28.8 Å². The minimum absolute atomic E-state index is 0. The summed E-state index contributed by atoms with van der Waals surface area (Å²) in [6, 6.07) is 13.2. The summed E-state index contributed by atoms with van der Waals surface area (Å²) in [7, 11) is 0. The molecular formula is C16H15ClN4OS. The number of para-hydroxylation sites is 1. The van der Waals surface area contributed by atoms with Gasteiger partial charge in [0.2, 0.25) is 4.80 Å². The van der Waals surface area contributed by atoms with Crippen LogP contribution in [0.2, 0.25) is 0 Å². The van der Waals surface area contributed by atoms with Gasteiger partial charge in [0.05, 0.1) is 0 Å². The fourth-order valence-corrected chi connectivity index (χ4v) is 2.86. The van der Waals surface area contributed by atoms with Gasteiger partial charge >= 0.3 is 0 Å². The van der Waals surface area contributed by atoms with Crippen LogP contribution in [-0.4, -0.2) is 15.5 Å². The molecule has 0 aliphatic heterocycles. The average molecular weight is 347 g/mol. The second-order valence-corrected chi connectivity index (χ2v) is 5.46. The summed E-state index contributed by atoms with van der Waals surface area (Å²) in [6.07, 6.45) is 3.16. The topological polar surface area (TPSA) is 59.3 Å². The number of hydrogen-bond acceptors (Lipinski definition) is 4. The zero-order chi connectivity index (χ0) is 15.4. The van der Waals surface area contributed by atoms with Gasteiger partial charge in [0, 0.05) is 34.7 Å². The smallest absolute Gasteiger partial charge is 0.271 e. The highest BCUT2D eigenvalue weighted by atomic mass is 35.5. The molecule has 3 rings (SSSR count). The maximum Gasteiger partial charge on any atom is 0.271 e. The van der Waals surface area contributed by atoms with Crippen LogP contribution in [0.25, 0.3) is 5.69 Å². The molecule has 5 nitrogen and oxygen atoms in total. The number of aryl methyl sites for hydroxylation is 1. The fourth-order valence-electron chi connectivity index (χ4n) is 2.03. The number of amides is 1. The molecule has 0 spiro atoms. The van der Waals surface area contributed by atoms with Crippen LogP contribution in [0.15, 0.2) is 65.3 Å². The number of benzene rings is 1. The number of thiazole rings is 1. The Morgan fingerprint density at radius 1 is 1.17 bits per heavy atom. The SMILES string of the molecule is Cc1cs/c(=N/NC(=O)c2ccncc2)n1-c1ccccc1.Cl. The first-order valence-corrected chi connectivity index (χ1v) is 7.60. The third-order valence-electron chi connectivity index (χ3n) is 3.09. The number of nitrogens with zero attached hydrogens (tertiary/aromatic N) is 3. The van der Waals surface area contributed by atoms with Crippen molar-refractivity contribution in [2.75, 3.05) is 0 Å². The second-order valence-electron chi connectivity index (χ2n) is 4.62. The van der Waals surface area contributed by atoms with Crippen molar-refractivity contribution in [1.29, 1.82) is 0 Å². The van der Waals surface area contributed by atoms with E-state index in [0.29, 0.717) is 10.4 Å². The third kappa shape index (κ3) is 3.85. The predicted octanol–water partition coefficient (Wildman–Crippen LogP) is 2.91. The van der Waals surface area contributed by atoms with E-state index in [9.17, 15) is 4.79 Å². The Kier molecular flexibility index (Phi) is 5.67. The van der Waals surface area contributed by atoms with Crippen LogP contribution in [0, 0.1) is 6.92 Å². The van der Waals surface area contributed by atoms with Crippen LogP contribution in [-0.2, 0) is 0 Å². The number of carbonyl (C=O) groups excluding carboxylic acids is 1. The maximum atomic E-state index is 12.0. The van der Waals surface area contributed by atoms with Crippen LogP contribution < -0.4 is 10.2 Å². The minimum atomic E-state index is -0.256. The summed E-state index contributed by atoms with van der Waals surface area (Å²) < 4.78 is 2.00. The summed E-state index contributed by atoms with van der Waals surface area (Å²) >= 11 is 1.48. The molecule has 0 fully saturated rings. The molecule has 0 atom stereocenters. The Hall–Kier alpha value is -2.44. The molecule has 23 heavy (non-hydrogen) atoms. The third-order valence-corrected chi connectivity index (χ3v) is 4.03. The van der Waals surface area contributed by atoms with Gasteiger partial charge in [-0.2, -0.15) is 0 Å². The van der Waals surface area contributed by atoms with Gasteiger partial charge < -0.3 is 0 Å². The lowest BCUT2D eigenvalue weighted by atomic mass is 10.3. The van der Waals surface area contributed by atoms with Gasteiger partial charge in [0.1, 0.15) is 0 Å². The normalized spacial score (nSPS) is 10.9. The van der Waals surface area contributed by atoms with E-state index in [1.54, 1.807) is 24.5 Å². The Labute approximate surface area is 143 Å². The van der Waals surface area contributed by atoms with E-state index in [1.165, 1.54) is 11.3 Å². The lowest BCUT2D eigenvalue weighted by Gasteiger charge is -2.05. The van der Waals surface area contributed by atoms with Crippen molar-refractivity contribution < 1.29 is 4.79 Å². The van der Waals surface area contributed by atoms with Crippen molar-refractivity contribution in [3.05, 3.63) is 76.3 Å². The lowest BCUT2D eigenvalue weighted by Crippen LogP contribution is -2.24. The summed E-state index contributed by atoms with van der Waals surface area (Å²) in [4.78, 5) is 16.6. The number of carbonyl (C=O) groups is 1. The minimum Gasteiger partial charge on any atom is -0.288 e. The fraction of sp³-hybridized carbons (Fsp3) is 0.0625. The monoisotopic (exact) mass is 346 g/mol. The first-order valence-electron chi connectivity index (χ1n) is 6.72. The standard InChI is InChI=1S/C16H14N4OS.ClH/c1-12-11-22-16(20(12)14-5-3-2-4-6-14)19-18-15(21)13-7-9-17-10-8-13;/h2-11H,1H3,(H,18,21);1H/b19-16+;. The first kappa shape index (κ1) is 16.9. The molecule has 1 amide bonds. The van der Waals surface area contributed by atoms with Gasteiger partial charge in [0.25, 0.3) is 5.91 Å². The summed E-state index contributed by atoms with van der Waals surface area (Å²) in [6.45, 7) is 2.01. The molecule has 0 radical (unpaired) electrons. The van der Waals surface area contributed by atoms with Crippen molar-refractivity contribution in [2.24, 2.45) is 5.10 Å². The molecular weight excluding hydrogens is 332 g/mol. The molecule has 7 heteroatoms. The van der Waals surface area contributed by atoms with Crippen LogP contribution in [0.3, 0.4) is 0 Å². The number of rotatable bonds is 3. The molecule has 2 heterocycles. The van der Waals surface area contributed by atoms with Gasteiger partial charge in [-0.05, 0) is 31.2 Å². The highest BCUT2D eigenvalue weighted by molar-refractivity contribution is 7.07. The summed E-state index contributed by atoms with van der Waals surface area (Å²) in [5, 5.41) is 6.25. The molecule has 0 unspecified atom stereocenters. The highest BCUT2D eigenvalue weighted by Crippen LogP contribution is 2.09. The maximum absolute atomic E-state index is 12.0. The largest absolute Gasteiger partial charge is 0.288 e. The van der Waals surface area contributed by atoms with Crippen molar-refractivity contribution in [1.82, 2.24) is 15.0 Å². The molecule has 2 aromatic heterocycles. The number of nitrogens with one attached hydrogen (secondary N) is 1. The molecule has 0 saturated carbocycles. The Morgan fingerprint density at radius 3 is 2.57 bits per heavy atom. The van der Waals surface area contributed by atoms with Crippen LogP contribution in [0.1, 0.15) is 16.1 Å². The summed E-state index contributed by atoms with van der Waals surface area (Å²) in [5.74, 6) is -0.256. The zero-order valence-corrected chi connectivity index (χ0v) is 14.0. The van der Waals surface area contributed by atoms with Gasteiger partial charge in [0.15, 0.2) is 0 Å². The van der Waals surface area contributed by atoms with Gasteiger partial charge in [-0.1, -0.05) is 18.2 Å². The molecule has 1 N–H and O–H groups in total. The molecule has 3 aromatic rings. The molecule has 0 saturated heterocycles. The summed E-state index contributed by atoms with van der Waals surface area (Å²) in [5.41, 5.74) is 5.19. The van der Waals surface area contributed by atoms with Crippen LogP contribution in [0.5, 0.6) is 0 Å². The molecule has 0 bridgehead atoms. The number of halogens is 1. The van der Waals surface area contributed by atoms with Gasteiger partial charge in [-0.3, -0.25) is 14.3 Å². The lowest BCUT2D eigenvalue weighted by molar-refractivity contribution is 0.0953. The first-order chi connectivity index (χ1) is 10.8. The van der Waals surface area contributed by atoms with Crippen molar-refractivity contribution >= 4 is 29.7 Å². The van der Waals surface area contributed by atoms with Crippen molar-refractivity contribution in [3.63, 3.8) is 0 Å². The van der Waals surface area contributed by atoms with Crippen LogP contribution >= 0.6 is 23.7 Å². The second kappa shape index (κ2) is 7.71. The Morgan fingerprint density at radius 2 is 1.87 bits per heavy atom. The average Bonchev–Trinajstić information content (AvgIpc) is 2.95. The van der Waals surface area contributed by atoms with E-state index in [-0.39, 0.29) is 18.3 Å². The van der Waals surface area contributed by atoms with Crippen LogP contribution in [0.4, 0.5) is 0 Å². The Balaban J connectivity index is 0.00000192. The quantitative estimate of drug-likeness (QED) is 0.741. The molecule has 0 aliphatic carbocycles. The highest BCUT2D eigenvalue weighted by Gasteiger charge is 2.06. The van der Waals surface area contributed by atoms with E-state index >= 15 is 0 Å². The van der Waals surface area contributed by atoms with E-state index in [2.05, 4.69) is 15.5 Å². The molecule has 1 aromatic carbocycles.